The van der Waals surface area contributed by atoms with Gasteiger partial charge < -0.3 is 9.84 Å². The van der Waals surface area contributed by atoms with Gasteiger partial charge in [0.05, 0.1) is 0 Å². The van der Waals surface area contributed by atoms with Crippen LogP contribution < -0.4 is 4.74 Å². The van der Waals surface area contributed by atoms with Crippen LogP contribution in [0.3, 0.4) is 0 Å². The van der Waals surface area contributed by atoms with Gasteiger partial charge in [-0.3, -0.25) is 0 Å². The van der Waals surface area contributed by atoms with E-state index in [4.69, 9.17) is 21.4 Å². The maximum Gasteiger partial charge on any atom is 0.341 e. The fourth-order valence-electron chi connectivity index (χ4n) is 2.91. The Morgan fingerprint density at radius 3 is 2.48 bits per heavy atom. The minimum Gasteiger partial charge on any atom is -0.482 e. The SMILES string of the molecule is Cc1cc(SC/C=C(/c2ccccc2)c2cccc(Cl)c2)ccc1OCC(=O)O. The van der Waals surface area contributed by atoms with Crippen LogP contribution in [0.15, 0.2) is 83.8 Å². The van der Waals surface area contributed by atoms with Crippen molar-refractivity contribution in [2.45, 2.75) is 11.8 Å². The van der Waals surface area contributed by atoms with Gasteiger partial charge in [0.15, 0.2) is 6.61 Å². The third kappa shape index (κ3) is 6.14. The lowest BCUT2D eigenvalue weighted by Crippen LogP contribution is -2.09. The number of benzene rings is 3. The van der Waals surface area contributed by atoms with Gasteiger partial charge in [-0.25, -0.2) is 4.79 Å². The second-order valence-corrected chi connectivity index (χ2v) is 7.94. The molecule has 0 unspecified atom stereocenters. The van der Waals surface area contributed by atoms with Gasteiger partial charge in [0.25, 0.3) is 0 Å². The van der Waals surface area contributed by atoms with E-state index in [0.29, 0.717) is 10.8 Å². The molecule has 0 aromatic heterocycles. The van der Waals surface area contributed by atoms with Crippen LogP contribution in [0.5, 0.6) is 5.75 Å². The third-order valence-corrected chi connectivity index (χ3v) is 5.41. The van der Waals surface area contributed by atoms with Crippen molar-refractivity contribution in [3.8, 4) is 5.75 Å². The summed E-state index contributed by atoms with van der Waals surface area (Å²) >= 11 is 7.91. The van der Waals surface area contributed by atoms with Gasteiger partial charge in [0.2, 0.25) is 0 Å². The Morgan fingerprint density at radius 2 is 1.79 bits per heavy atom. The topological polar surface area (TPSA) is 46.5 Å². The second-order valence-electron chi connectivity index (χ2n) is 6.41. The lowest BCUT2D eigenvalue weighted by molar-refractivity contribution is -0.139. The molecule has 1 N–H and O–H groups in total. The van der Waals surface area contributed by atoms with Gasteiger partial charge in [-0.05, 0) is 59.5 Å². The molecule has 0 radical (unpaired) electrons. The normalized spacial score (nSPS) is 11.3. The number of hydrogen-bond acceptors (Lipinski definition) is 3. The number of ether oxygens (including phenoxy) is 1. The Hall–Kier alpha value is -2.69. The molecule has 3 rings (SSSR count). The van der Waals surface area contributed by atoms with E-state index in [0.717, 1.165) is 32.9 Å². The molecule has 3 nitrogen and oxygen atoms in total. The number of rotatable bonds is 8. The molecule has 0 heterocycles. The monoisotopic (exact) mass is 424 g/mol. The van der Waals surface area contributed by atoms with E-state index in [1.54, 1.807) is 11.8 Å². The van der Waals surface area contributed by atoms with Crippen molar-refractivity contribution < 1.29 is 14.6 Å². The van der Waals surface area contributed by atoms with Crippen LogP contribution in [-0.2, 0) is 4.79 Å². The third-order valence-electron chi connectivity index (χ3n) is 4.26. The van der Waals surface area contributed by atoms with Gasteiger partial charge in [-0.2, -0.15) is 0 Å². The van der Waals surface area contributed by atoms with Crippen LogP contribution in [0, 0.1) is 6.92 Å². The molecule has 0 spiro atoms. The molecule has 0 saturated carbocycles. The molecule has 5 heteroatoms. The molecule has 0 amide bonds. The van der Waals surface area contributed by atoms with Gasteiger partial charge in [-0.1, -0.05) is 60.1 Å². The number of carboxylic acids is 1. The van der Waals surface area contributed by atoms with E-state index in [1.807, 2.05) is 61.5 Å². The maximum atomic E-state index is 10.7. The summed E-state index contributed by atoms with van der Waals surface area (Å²) in [7, 11) is 0. The Labute approximate surface area is 180 Å². The average Bonchev–Trinajstić information content (AvgIpc) is 2.71. The maximum absolute atomic E-state index is 10.7. The summed E-state index contributed by atoms with van der Waals surface area (Å²) in [6.07, 6.45) is 2.20. The van der Waals surface area contributed by atoms with Gasteiger partial charge in [-0.15, -0.1) is 11.8 Å². The highest BCUT2D eigenvalue weighted by Gasteiger charge is 2.07. The lowest BCUT2D eigenvalue weighted by Gasteiger charge is -2.10. The highest BCUT2D eigenvalue weighted by molar-refractivity contribution is 7.99. The molecular formula is C24H21ClO3S. The minimum atomic E-state index is -0.984. The van der Waals surface area contributed by atoms with Crippen LogP contribution in [0.4, 0.5) is 0 Å². The molecule has 0 fully saturated rings. The van der Waals surface area contributed by atoms with Crippen molar-refractivity contribution >= 4 is 34.9 Å². The highest BCUT2D eigenvalue weighted by Crippen LogP contribution is 2.29. The molecule has 29 heavy (non-hydrogen) atoms. The number of carbonyl (C=O) groups is 1. The van der Waals surface area contributed by atoms with Crippen LogP contribution in [0.2, 0.25) is 5.02 Å². The first kappa shape index (κ1) is 21.0. The molecule has 3 aromatic rings. The number of thioether (sulfide) groups is 1. The predicted molar refractivity (Wildman–Crippen MR) is 120 cm³/mol. The number of aliphatic carboxylic acids is 1. The molecule has 0 saturated heterocycles. The lowest BCUT2D eigenvalue weighted by atomic mass is 9.98. The first-order valence-corrected chi connectivity index (χ1v) is 10.5. The fourth-order valence-corrected chi connectivity index (χ4v) is 3.97. The van der Waals surface area contributed by atoms with Crippen LogP contribution >= 0.6 is 23.4 Å². The van der Waals surface area contributed by atoms with Crippen LogP contribution in [-0.4, -0.2) is 23.4 Å². The summed E-state index contributed by atoms with van der Waals surface area (Å²) < 4.78 is 5.29. The van der Waals surface area contributed by atoms with Crippen molar-refractivity contribution in [3.05, 3.63) is 101 Å². The second kappa shape index (κ2) is 10.2. The van der Waals surface area contributed by atoms with Crippen molar-refractivity contribution in [1.29, 1.82) is 0 Å². The summed E-state index contributed by atoms with van der Waals surface area (Å²) in [4.78, 5) is 11.8. The van der Waals surface area contributed by atoms with E-state index in [1.165, 1.54) is 0 Å². The number of carboxylic acid groups (broad SMARTS) is 1. The van der Waals surface area contributed by atoms with Crippen molar-refractivity contribution in [3.63, 3.8) is 0 Å². The number of hydrogen-bond donors (Lipinski definition) is 1. The first-order chi connectivity index (χ1) is 14.0. The Kier molecular flexibility index (Phi) is 7.39. The predicted octanol–water partition coefficient (Wildman–Crippen LogP) is 6.34. The molecular weight excluding hydrogens is 404 g/mol. The zero-order chi connectivity index (χ0) is 20.6. The fraction of sp³-hybridized carbons (Fsp3) is 0.125. The Bertz CT molecular complexity index is 1020. The molecule has 0 aliphatic rings. The van der Waals surface area contributed by atoms with Crippen molar-refractivity contribution in [1.82, 2.24) is 0 Å². The minimum absolute atomic E-state index is 0.337. The average molecular weight is 425 g/mol. The largest absolute Gasteiger partial charge is 0.482 e. The Balaban J connectivity index is 1.76. The van der Waals surface area contributed by atoms with E-state index in [2.05, 4.69) is 24.3 Å². The van der Waals surface area contributed by atoms with Gasteiger partial charge >= 0.3 is 5.97 Å². The highest BCUT2D eigenvalue weighted by atomic mass is 35.5. The van der Waals surface area contributed by atoms with E-state index >= 15 is 0 Å². The number of aryl methyl sites for hydroxylation is 1. The Morgan fingerprint density at radius 1 is 1.03 bits per heavy atom. The molecule has 3 aromatic carbocycles. The van der Waals surface area contributed by atoms with Gasteiger partial charge in [0.1, 0.15) is 5.75 Å². The summed E-state index contributed by atoms with van der Waals surface area (Å²) in [5.74, 6) is 0.393. The summed E-state index contributed by atoms with van der Waals surface area (Å²) in [6.45, 7) is 1.58. The summed E-state index contributed by atoms with van der Waals surface area (Å²) in [5.41, 5.74) is 4.28. The molecule has 0 aliphatic carbocycles. The molecule has 0 aliphatic heterocycles. The molecule has 0 atom stereocenters. The van der Waals surface area contributed by atoms with Crippen molar-refractivity contribution in [2.24, 2.45) is 0 Å². The number of halogens is 1. The van der Waals surface area contributed by atoms with Crippen molar-refractivity contribution in [2.75, 3.05) is 12.4 Å². The van der Waals surface area contributed by atoms with Gasteiger partial charge in [0, 0.05) is 15.7 Å². The molecule has 148 valence electrons. The standard InChI is InChI=1S/C24H21ClO3S/c1-17-14-21(10-11-23(17)28-16-24(26)27)29-13-12-22(18-6-3-2-4-7-18)19-8-5-9-20(25)15-19/h2-12,14-15H,13,16H2,1H3,(H,26,27)/b22-12-. The zero-order valence-electron chi connectivity index (χ0n) is 16.0. The molecule has 0 bridgehead atoms. The van der Waals surface area contributed by atoms with E-state index in [9.17, 15) is 4.79 Å². The van der Waals surface area contributed by atoms with Crippen LogP contribution in [0.1, 0.15) is 16.7 Å². The van der Waals surface area contributed by atoms with Crippen LogP contribution in [0.25, 0.3) is 5.57 Å². The van der Waals surface area contributed by atoms with E-state index < -0.39 is 5.97 Å². The zero-order valence-corrected chi connectivity index (χ0v) is 17.5. The smallest absolute Gasteiger partial charge is 0.341 e. The van der Waals surface area contributed by atoms with E-state index in [-0.39, 0.29) is 6.61 Å². The summed E-state index contributed by atoms with van der Waals surface area (Å²) in [6, 6.07) is 23.9. The quantitative estimate of drug-likeness (QED) is 0.429. The summed E-state index contributed by atoms with van der Waals surface area (Å²) in [5, 5.41) is 9.46. The first-order valence-electron chi connectivity index (χ1n) is 9.12.